The molecule has 18 heavy (non-hydrogen) atoms. The first kappa shape index (κ1) is 14.1. The highest BCUT2D eigenvalue weighted by molar-refractivity contribution is 5.78. The highest BCUT2D eigenvalue weighted by Gasteiger charge is 1.98. The number of aliphatic imine (C=N–C) groups is 1. The Morgan fingerprint density at radius 3 is 2.83 bits per heavy atom. The average molecular weight is 241 g/mol. The fraction of sp³-hybridized carbons (Fsp3) is 0.333. The van der Waals surface area contributed by atoms with Crippen molar-refractivity contribution in [2.75, 3.05) is 6.54 Å². The number of hydrogen-bond acceptors (Lipinski definition) is 3. The van der Waals surface area contributed by atoms with Crippen LogP contribution in [0.3, 0.4) is 0 Å². The maximum absolute atomic E-state index is 8.79. The van der Waals surface area contributed by atoms with E-state index in [9.17, 15) is 0 Å². The van der Waals surface area contributed by atoms with Crippen LogP contribution < -0.4 is 5.73 Å². The van der Waals surface area contributed by atoms with Gasteiger partial charge in [-0.15, -0.1) is 0 Å². The van der Waals surface area contributed by atoms with Crippen molar-refractivity contribution in [3.05, 3.63) is 46.5 Å². The molecule has 0 aliphatic heterocycles. The smallest absolute Gasteiger partial charge is 0.0991 e. The van der Waals surface area contributed by atoms with Gasteiger partial charge >= 0.3 is 0 Å². The molecule has 0 aliphatic rings. The van der Waals surface area contributed by atoms with Gasteiger partial charge in [-0.25, -0.2) is 0 Å². The lowest BCUT2D eigenvalue weighted by Gasteiger charge is -2.03. The van der Waals surface area contributed by atoms with E-state index in [0.29, 0.717) is 18.7 Å². The van der Waals surface area contributed by atoms with Crippen molar-refractivity contribution in [3.63, 3.8) is 0 Å². The molecule has 0 saturated heterocycles. The van der Waals surface area contributed by atoms with Gasteiger partial charge in [-0.1, -0.05) is 12.1 Å². The summed E-state index contributed by atoms with van der Waals surface area (Å²) in [6.45, 7) is 5.27. The van der Waals surface area contributed by atoms with Crippen LogP contribution >= 0.6 is 0 Å². The third-order valence-electron chi connectivity index (χ3n) is 2.79. The second kappa shape index (κ2) is 7.41. The summed E-state index contributed by atoms with van der Waals surface area (Å²) in [4.78, 5) is 4.42. The molecular weight excluding hydrogens is 222 g/mol. The molecule has 0 fully saturated rings. The maximum atomic E-state index is 8.79. The predicted molar refractivity (Wildman–Crippen MR) is 75.5 cm³/mol. The van der Waals surface area contributed by atoms with E-state index in [1.54, 1.807) is 0 Å². The van der Waals surface area contributed by atoms with Crippen molar-refractivity contribution in [3.8, 4) is 6.07 Å². The van der Waals surface area contributed by atoms with E-state index in [2.05, 4.69) is 11.1 Å². The van der Waals surface area contributed by atoms with E-state index in [0.717, 1.165) is 23.1 Å². The van der Waals surface area contributed by atoms with Gasteiger partial charge in [0.15, 0.2) is 0 Å². The van der Waals surface area contributed by atoms with Crippen molar-refractivity contribution in [1.82, 2.24) is 0 Å². The molecule has 0 atom stereocenters. The molecule has 0 bridgehead atoms. The maximum Gasteiger partial charge on any atom is 0.0991 e. The Morgan fingerprint density at radius 2 is 2.28 bits per heavy atom. The molecule has 0 saturated carbocycles. The van der Waals surface area contributed by atoms with E-state index < -0.39 is 0 Å². The summed E-state index contributed by atoms with van der Waals surface area (Å²) in [6, 6.07) is 7.81. The number of hydrogen-bond donors (Lipinski definition) is 1. The van der Waals surface area contributed by atoms with Crippen LogP contribution in [0, 0.1) is 18.3 Å². The molecule has 94 valence electrons. The summed E-state index contributed by atoms with van der Waals surface area (Å²) in [5, 5.41) is 8.79. The largest absolute Gasteiger partial charge is 0.330 e. The summed E-state index contributed by atoms with van der Waals surface area (Å²) >= 11 is 0. The minimum absolute atomic E-state index is 0.638. The van der Waals surface area contributed by atoms with Crippen LogP contribution in [-0.2, 0) is 6.54 Å². The lowest BCUT2D eigenvalue weighted by Crippen LogP contribution is -2.01. The molecule has 0 heterocycles. The molecule has 0 spiro atoms. The van der Waals surface area contributed by atoms with Crippen molar-refractivity contribution < 1.29 is 0 Å². The molecule has 0 radical (unpaired) electrons. The summed E-state index contributed by atoms with van der Waals surface area (Å²) in [6.07, 6.45) is 4.76. The Labute approximate surface area is 109 Å². The third kappa shape index (κ3) is 4.15. The van der Waals surface area contributed by atoms with Crippen molar-refractivity contribution in [2.45, 2.75) is 26.8 Å². The van der Waals surface area contributed by atoms with E-state index in [4.69, 9.17) is 11.0 Å². The van der Waals surface area contributed by atoms with Gasteiger partial charge in [0.2, 0.25) is 0 Å². The molecule has 1 aromatic rings. The van der Waals surface area contributed by atoms with Crippen LogP contribution in [-0.4, -0.2) is 12.8 Å². The molecule has 1 rings (SSSR count). The minimum atomic E-state index is 0.638. The number of allylic oxidation sites excluding steroid dienone is 1. The molecule has 1 aromatic carbocycles. The van der Waals surface area contributed by atoms with E-state index in [-0.39, 0.29) is 0 Å². The average Bonchev–Trinajstić information content (AvgIpc) is 2.39. The van der Waals surface area contributed by atoms with E-state index in [1.807, 2.05) is 44.3 Å². The molecule has 3 nitrogen and oxygen atoms in total. The Balaban J connectivity index is 2.69. The predicted octanol–water partition coefficient (Wildman–Crippen LogP) is 2.73. The topological polar surface area (TPSA) is 62.2 Å². The van der Waals surface area contributed by atoms with Gasteiger partial charge in [0.05, 0.1) is 18.2 Å². The molecule has 0 amide bonds. The van der Waals surface area contributed by atoms with Crippen LogP contribution in [0.2, 0.25) is 0 Å². The summed E-state index contributed by atoms with van der Waals surface area (Å²) in [5.74, 6) is 0. The summed E-state index contributed by atoms with van der Waals surface area (Å²) < 4.78 is 0. The zero-order chi connectivity index (χ0) is 13.4. The number of nitrogens with two attached hydrogens (primary N) is 1. The zero-order valence-electron chi connectivity index (χ0n) is 11.0. The number of benzene rings is 1. The standard InChI is InChI=1S/C15H19N3/c1-3-13(6-7-16)10-18-11-15-5-4-14(9-17)8-12(15)2/h3-5,8,10H,6-7,11,16H2,1-2H3/b13-3-,18-10?. The van der Waals surface area contributed by atoms with Crippen LogP contribution in [0.4, 0.5) is 0 Å². The normalized spacial score (nSPS) is 11.8. The third-order valence-corrected chi connectivity index (χ3v) is 2.79. The Morgan fingerprint density at radius 1 is 1.50 bits per heavy atom. The molecule has 0 aliphatic carbocycles. The monoisotopic (exact) mass is 241 g/mol. The quantitative estimate of drug-likeness (QED) is 0.806. The molecule has 0 unspecified atom stereocenters. The Bertz CT molecular complexity index is 493. The van der Waals surface area contributed by atoms with Crippen LogP contribution in [0.1, 0.15) is 30.0 Å². The Kier molecular flexibility index (Phi) is 5.83. The van der Waals surface area contributed by atoms with E-state index in [1.165, 1.54) is 0 Å². The first-order chi connectivity index (χ1) is 8.71. The first-order valence-corrected chi connectivity index (χ1v) is 6.06. The second-order valence-corrected chi connectivity index (χ2v) is 4.13. The number of nitriles is 1. The summed E-state index contributed by atoms with van der Waals surface area (Å²) in [7, 11) is 0. The van der Waals surface area contributed by atoms with Gasteiger partial charge in [0.25, 0.3) is 0 Å². The van der Waals surface area contributed by atoms with Crippen molar-refractivity contribution >= 4 is 6.21 Å². The van der Waals surface area contributed by atoms with Crippen molar-refractivity contribution in [1.29, 1.82) is 5.26 Å². The van der Waals surface area contributed by atoms with Gasteiger partial charge in [0, 0.05) is 6.21 Å². The molecule has 3 heteroatoms. The second-order valence-electron chi connectivity index (χ2n) is 4.13. The lowest BCUT2D eigenvalue weighted by molar-refractivity contribution is 0.977. The van der Waals surface area contributed by atoms with E-state index >= 15 is 0 Å². The number of nitrogens with zero attached hydrogens (tertiary/aromatic N) is 2. The van der Waals surface area contributed by atoms with Gasteiger partial charge in [0.1, 0.15) is 0 Å². The first-order valence-electron chi connectivity index (χ1n) is 6.06. The molecule has 2 N–H and O–H groups in total. The fourth-order valence-electron chi connectivity index (χ4n) is 1.65. The van der Waals surface area contributed by atoms with Gasteiger partial charge in [-0.2, -0.15) is 5.26 Å². The fourth-order valence-corrected chi connectivity index (χ4v) is 1.65. The lowest BCUT2D eigenvalue weighted by atomic mass is 10.1. The highest BCUT2D eigenvalue weighted by atomic mass is 14.7. The van der Waals surface area contributed by atoms with Gasteiger partial charge < -0.3 is 5.73 Å². The molecular formula is C15H19N3. The van der Waals surface area contributed by atoms with Crippen LogP contribution in [0.15, 0.2) is 34.8 Å². The van der Waals surface area contributed by atoms with Crippen molar-refractivity contribution in [2.24, 2.45) is 10.7 Å². The van der Waals surface area contributed by atoms with Crippen LogP contribution in [0.5, 0.6) is 0 Å². The highest BCUT2D eigenvalue weighted by Crippen LogP contribution is 2.11. The number of aryl methyl sites for hydroxylation is 1. The van der Waals surface area contributed by atoms with Crippen LogP contribution in [0.25, 0.3) is 0 Å². The molecule has 0 aromatic heterocycles. The zero-order valence-corrected chi connectivity index (χ0v) is 11.0. The number of rotatable bonds is 5. The SMILES string of the molecule is C/C=C(\C=NCc1ccc(C#N)cc1C)CCN. The minimum Gasteiger partial charge on any atom is -0.330 e. The van der Waals surface area contributed by atoms with Gasteiger partial charge in [-0.05, 0) is 55.6 Å². The van der Waals surface area contributed by atoms with Gasteiger partial charge in [-0.3, -0.25) is 4.99 Å². The Hall–Kier alpha value is -1.92. The summed E-state index contributed by atoms with van der Waals surface area (Å²) in [5.41, 5.74) is 9.61.